The van der Waals surface area contributed by atoms with Gasteiger partial charge in [-0.1, -0.05) is 18.5 Å². The fourth-order valence-electron chi connectivity index (χ4n) is 2.46. The first-order chi connectivity index (χ1) is 7.56. The van der Waals surface area contributed by atoms with Crippen LogP contribution in [0.3, 0.4) is 0 Å². The zero-order chi connectivity index (χ0) is 11.8. The molecule has 1 heterocycles. The number of unbranched alkanes of at least 4 members (excludes halogenated alkanes) is 1. The fourth-order valence-corrected chi connectivity index (χ4v) is 2.46. The van der Waals surface area contributed by atoms with Crippen LogP contribution in [0.1, 0.15) is 52.9 Å². The third-order valence-electron chi connectivity index (χ3n) is 3.28. The highest BCUT2D eigenvalue weighted by Crippen LogP contribution is 2.37. The Morgan fingerprint density at radius 2 is 2.12 bits per heavy atom. The molecule has 0 N–H and O–H groups in total. The monoisotopic (exact) mass is 221 g/mol. The number of allylic oxidation sites excluding steroid dienone is 1. The Morgan fingerprint density at radius 1 is 1.38 bits per heavy atom. The van der Waals surface area contributed by atoms with Gasteiger partial charge in [0.2, 0.25) is 0 Å². The van der Waals surface area contributed by atoms with E-state index in [0.717, 1.165) is 42.5 Å². The summed E-state index contributed by atoms with van der Waals surface area (Å²) in [6.45, 7) is 6.12. The maximum atomic E-state index is 12.0. The molecule has 1 aliphatic carbocycles. The number of fused-ring (bicyclic) bond motifs is 1. The SMILES string of the molecule is CCCCC1=C2C(=NOC2(C)C)CCC1=O. The number of hydrogen-bond donors (Lipinski definition) is 0. The Morgan fingerprint density at radius 3 is 2.81 bits per heavy atom. The molecule has 2 aliphatic rings. The van der Waals surface area contributed by atoms with E-state index >= 15 is 0 Å². The molecular formula is C13H19NO2. The molecule has 0 unspecified atom stereocenters. The lowest BCUT2D eigenvalue weighted by Gasteiger charge is -2.24. The van der Waals surface area contributed by atoms with Gasteiger partial charge in [0.05, 0.1) is 5.71 Å². The van der Waals surface area contributed by atoms with E-state index in [-0.39, 0.29) is 0 Å². The number of nitrogens with zero attached hydrogens (tertiary/aromatic N) is 1. The average molecular weight is 221 g/mol. The second-order valence-corrected chi connectivity index (χ2v) is 5.02. The van der Waals surface area contributed by atoms with E-state index in [2.05, 4.69) is 12.1 Å². The van der Waals surface area contributed by atoms with Crippen LogP contribution in [0.5, 0.6) is 0 Å². The lowest BCUT2D eigenvalue weighted by Crippen LogP contribution is -2.30. The highest BCUT2D eigenvalue weighted by atomic mass is 16.7. The predicted octanol–water partition coefficient (Wildman–Crippen LogP) is 3.00. The first-order valence-corrected chi connectivity index (χ1v) is 6.08. The third kappa shape index (κ3) is 1.79. The zero-order valence-electron chi connectivity index (χ0n) is 10.3. The van der Waals surface area contributed by atoms with Crippen LogP contribution >= 0.6 is 0 Å². The molecule has 0 aromatic carbocycles. The van der Waals surface area contributed by atoms with Crippen molar-refractivity contribution in [3.63, 3.8) is 0 Å². The van der Waals surface area contributed by atoms with Crippen molar-refractivity contribution in [2.45, 2.75) is 58.5 Å². The van der Waals surface area contributed by atoms with Gasteiger partial charge in [-0.3, -0.25) is 4.79 Å². The van der Waals surface area contributed by atoms with Gasteiger partial charge < -0.3 is 4.84 Å². The number of oxime groups is 1. The van der Waals surface area contributed by atoms with Gasteiger partial charge in [-0.2, -0.15) is 0 Å². The Kier molecular flexibility index (Phi) is 2.87. The van der Waals surface area contributed by atoms with Crippen LogP contribution < -0.4 is 0 Å². The van der Waals surface area contributed by atoms with Crippen LogP contribution in [0.2, 0.25) is 0 Å². The number of ketones is 1. The molecule has 0 amide bonds. The van der Waals surface area contributed by atoms with E-state index in [9.17, 15) is 4.79 Å². The van der Waals surface area contributed by atoms with E-state index in [1.165, 1.54) is 0 Å². The Balaban J connectivity index is 2.39. The summed E-state index contributed by atoms with van der Waals surface area (Å²) in [5.74, 6) is 0.293. The third-order valence-corrected chi connectivity index (χ3v) is 3.28. The summed E-state index contributed by atoms with van der Waals surface area (Å²) in [5, 5.41) is 4.11. The lowest BCUT2D eigenvalue weighted by atomic mass is 9.80. The van der Waals surface area contributed by atoms with E-state index in [1.54, 1.807) is 0 Å². The van der Waals surface area contributed by atoms with Crippen LogP contribution in [0.25, 0.3) is 0 Å². The molecule has 0 aromatic heterocycles. The highest BCUT2D eigenvalue weighted by molar-refractivity contribution is 6.15. The van der Waals surface area contributed by atoms with E-state index in [4.69, 9.17) is 4.84 Å². The standard InChI is InChI=1S/C13H19NO2/c1-4-5-6-9-11(15)8-7-10-12(9)13(2,3)16-14-10/h4-8H2,1-3H3. The molecule has 1 aliphatic heterocycles. The maximum absolute atomic E-state index is 12.0. The molecule has 3 heteroatoms. The van der Waals surface area contributed by atoms with E-state index in [0.29, 0.717) is 12.2 Å². The van der Waals surface area contributed by atoms with Gasteiger partial charge in [-0.15, -0.1) is 0 Å². The summed E-state index contributed by atoms with van der Waals surface area (Å²) >= 11 is 0. The van der Waals surface area contributed by atoms with Gasteiger partial charge in [0.15, 0.2) is 11.4 Å². The van der Waals surface area contributed by atoms with Gasteiger partial charge in [-0.25, -0.2) is 0 Å². The van der Waals surface area contributed by atoms with Gasteiger partial charge in [-0.05, 0) is 26.7 Å². The fraction of sp³-hybridized carbons (Fsp3) is 0.692. The van der Waals surface area contributed by atoms with Gasteiger partial charge >= 0.3 is 0 Å². The van der Waals surface area contributed by atoms with E-state index in [1.807, 2.05) is 13.8 Å². The summed E-state index contributed by atoms with van der Waals surface area (Å²) in [5.41, 5.74) is 2.62. The molecule has 0 radical (unpaired) electrons. The second-order valence-electron chi connectivity index (χ2n) is 5.02. The Bertz CT molecular complexity index is 377. The minimum Gasteiger partial charge on any atom is -0.385 e. The van der Waals surface area contributed by atoms with E-state index < -0.39 is 5.60 Å². The lowest BCUT2D eigenvalue weighted by molar-refractivity contribution is -0.115. The van der Waals surface area contributed by atoms with Crippen LogP contribution in [-0.2, 0) is 9.63 Å². The van der Waals surface area contributed by atoms with Gasteiger partial charge in [0, 0.05) is 24.0 Å². The minimum absolute atomic E-state index is 0.293. The van der Waals surface area contributed by atoms with Crippen LogP contribution in [-0.4, -0.2) is 17.1 Å². The summed E-state index contributed by atoms with van der Waals surface area (Å²) in [6.07, 6.45) is 4.39. The summed E-state index contributed by atoms with van der Waals surface area (Å²) in [4.78, 5) is 17.4. The molecule has 0 saturated heterocycles. The van der Waals surface area contributed by atoms with Crippen molar-refractivity contribution in [2.24, 2.45) is 5.16 Å². The summed E-state index contributed by atoms with van der Waals surface area (Å²) in [6, 6.07) is 0. The van der Waals surface area contributed by atoms with Crippen molar-refractivity contribution < 1.29 is 9.63 Å². The molecule has 2 rings (SSSR count). The molecule has 0 aromatic rings. The Hall–Kier alpha value is -1.12. The quantitative estimate of drug-likeness (QED) is 0.734. The Labute approximate surface area is 96.5 Å². The highest BCUT2D eigenvalue weighted by Gasteiger charge is 2.41. The van der Waals surface area contributed by atoms with Crippen molar-refractivity contribution in [3.05, 3.63) is 11.1 Å². The first kappa shape index (κ1) is 11.4. The largest absolute Gasteiger partial charge is 0.385 e. The molecule has 0 atom stereocenters. The summed E-state index contributed by atoms with van der Waals surface area (Å²) < 4.78 is 0. The molecule has 0 fully saturated rings. The molecular weight excluding hydrogens is 202 g/mol. The molecule has 0 bridgehead atoms. The van der Waals surface area contributed by atoms with Crippen LogP contribution in [0, 0.1) is 0 Å². The number of Topliss-reactive ketones (excluding diaryl/α,β-unsaturated/α-hetero) is 1. The maximum Gasteiger partial charge on any atom is 0.159 e. The summed E-state index contributed by atoms with van der Waals surface area (Å²) in [7, 11) is 0. The van der Waals surface area contributed by atoms with Crippen molar-refractivity contribution in [3.8, 4) is 0 Å². The molecule has 0 saturated carbocycles. The van der Waals surface area contributed by atoms with Crippen LogP contribution in [0.15, 0.2) is 16.3 Å². The van der Waals surface area contributed by atoms with Gasteiger partial charge in [0.25, 0.3) is 0 Å². The molecule has 0 spiro atoms. The van der Waals surface area contributed by atoms with Crippen LogP contribution in [0.4, 0.5) is 0 Å². The topological polar surface area (TPSA) is 38.7 Å². The van der Waals surface area contributed by atoms with Crippen molar-refractivity contribution in [1.82, 2.24) is 0 Å². The number of hydrogen-bond acceptors (Lipinski definition) is 3. The number of carbonyl (C=O) groups excluding carboxylic acids is 1. The first-order valence-electron chi connectivity index (χ1n) is 6.08. The molecule has 88 valence electrons. The van der Waals surface area contributed by atoms with Crippen molar-refractivity contribution in [1.29, 1.82) is 0 Å². The van der Waals surface area contributed by atoms with Crippen molar-refractivity contribution in [2.75, 3.05) is 0 Å². The smallest absolute Gasteiger partial charge is 0.159 e. The van der Waals surface area contributed by atoms with Crippen molar-refractivity contribution >= 4 is 11.5 Å². The van der Waals surface area contributed by atoms with Gasteiger partial charge in [0.1, 0.15) is 0 Å². The average Bonchev–Trinajstić information content (AvgIpc) is 2.54. The zero-order valence-corrected chi connectivity index (χ0v) is 10.3. The normalized spacial score (nSPS) is 22.9. The number of carbonyl (C=O) groups is 1. The molecule has 16 heavy (non-hydrogen) atoms. The molecule has 3 nitrogen and oxygen atoms in total. The second kappa shape index (κ2) is 4.04. The predicted molar refractivity (Wildman–Crippen MR) is 63.4 cm³/mol. The minimum atomic E-state index is -0.408. The number of rotatable bonds is 3.